The molecule has 0 fully saturated rings. The van der Waals surface area contributed by atoms with Gasteiger partial charge in [-0.3, -0.25) is 0 Å². The predicted molar refractivity (Wildman–Crippen MR) is 63.3 cm³/mol. The summed E-state index contributed by atoms with van der Waals surface area (Å²) in [5.74, 6) is 1.61. The van der Waals surface area contributed by atoms with Gasteiger partial charge in [0.15, 0.2) is 5.82 Å². The summed E-state index contributed by atoms with van der Waals surface area (Å²) in [5, 5.41) is 4.20. The molecule has 1 aromatic carbocycles. The number of nitrogens with zero attached hydrogens (tertiary/aromatic N) is 3. The first-order chi connectivity index (χ1) is 7.08. The highest BCUT2D eigenvalue weighted by atomic mass is 79.9. The van der Waals surface area contributed by atoms with Crippen LogP contribution in [0.25, 0.3) is 11.4 Å². The van der Waals surface area contributed by atoms with Gasteiger partial charge in [-0.25, -0.2) is 9.67 Å². The first-order valence-electron chi connectivity index (χ1n) is 4.51. The molecule has 0 aliphatic heterocycles. The molecule has 0 saturated carbocycles. The Kier molecular flexibility index (Phi) is 2.48. The minimum atomic E-state index is 0.720. The van der Waals surface area contributed by atoms with E-state index in [1.807, 2.05) is 32.2 Å². The van der Waals surface area contributed by atoms with Gasteiger partial charge in [0, 0.05) is 22.8 Å². The van der Waals surface area contributed by atoms with Crippen molar-refractivity contribution < 1.29 is 0 Å². The summed E-state index contributed by atoms with van der Waals surface area (Å²) in [7, 11) is 1.87. The van der Waals surface area contributed by atoms with Crippen molar-refractivity contribution in [1.29, 1.82) is 0 Å². The average molecular weight is 267 g/mol. The van der Waals surface area contributed by atoms with E-state index in [-0.39, 0.29) is 0 Å². The molecular weight excluding hydrogens is 256 g/mol. The Balaban J connectivity index is 2.54. The van der Waals surface area contributed by atoms with E-state index >= 15 is 0 Å². The number of aryl methyl sites for hydroxylation is 2. The van der Waals surface area contributed by atoms with Crippen LogP contribution in [-0.2, 0) is 7.05 Å². The maximum Gasteiger partial charge on any atom is 0.158 e. The van der Waals surface area contributed by atoms with Crippen LogP contribution in [-0.4, -0.2) is 14.8 Å². The van der Waals surface area contributed by atoms with Crippen LogP contribution < -0.4 is 5.73 Å². The van der Waals surface area contributed by atoms with Gasteiger partial charge in [0.05, 0.1) is 0 Å². The van der Waals surface area contributed by atoms with Crippen molar-refractivity contribution in [2.45, 2.75) is 6.92 Å². The molecule has 0 atom stereocenters. The van der Waals surface area contributed by atoms with Crippen LogP contribution in [0.4, 0.5) is 5.69 Å². The highest BCUT2D eigenvalue weighted by Crippen LogP contribution is 2.25. The van der Waals surface area contributed by atoms with E-state index < -0.39 is 0 Å². The van der Waals surface area contributed by atoms with Gasteiger partial charge in [0.25, 0.3) is 0 Å². The quantitative estimate of drug-likeness (QED) is 0.805. The molecule has 0 aliphatic carbocycles. The van der Waals surface area contributed by atoms with Crippen LogP contribution in [0.2, 0.25) is 0 Å². The van der Waals surface area contributed by atoms with Crippen molar-refractivity contribution in [3.8, 4) is 11.4 Å². The second-order valence-electron chi connectivity index (χ2n) is 3.34. The molecule has 0 aliphatic rings. The van der Waals surface area contributed by atoms with Crippen molar-refractivity contribution in [3.63, 3.8) is 0 Å². The molecule has 1 heterocycles. The van der Waals surface area contributed by atoms with E-state index in [1.54, 1.807) is 4.68 Å². The molecule has 15 heavy (non-hydrogen) atoms. The molecule has 0 bridgehead atoms. The summed E-state index contributed by atoms with van der Waals surface area (Å²) in [6.07, 6.45) is 0. The van der Waals surface area contributed by atoms with Crippen molar-refractivity contribution in [2.24, 2.45) is 7.05 Å². The number of halogens is 1. The number of aromatic nitrogens is 3. The van der Waals surface area contributed by atoms with E-state index in [2.05, 4.69) is 26.0 Å². The fourth-order valence-corrected chi connectivity index (χ4v) is 1.81. The number of hydrogen-bond acceptors (Lipinski definition) is 3. The summed E-state index contributed by atoms with van der Waals surface area (Å²) in [4.78, 5) is 4.34. The lowest BCUT2D eigenvalue weighted by molar-refractivity contribution is 0.764. The lowest BCUT2D eigenvalue weighted by Crippen LogP contribution is -1.95. The maximum absolute atomic E-state index is 5.72. The van der Waals surface area contributed by atoms with E-state index in [4.69, 9.17) is 5.73 Å². The lowest BCUT2D eigenvalue weighted by atomic mass is 10.2. The number of benzene rings is 1. The molecule has 0 unspecified atom stereocenters. The van der Waals surface area contributed by atoms with Crippen LogP contribution in [0.1, 0.15) is 5.82 Å². The smallest absolute Gasteiger partial charge is 0.158 e. The van der Waals surface area contributed by atoms with Crippen LogP contribution >= 0.6 is 15.9 Å². The molecule has 0 saturated heterocycles. The minimum Gasteiger partial charge on any atom is -0.398 e. The molecule has 78 valence electrons. The van der Waals surface area contributed by atoms with E-state index in [0.717, 1.165) is 27.4 Å². The van der Waals surface area contributed by atoms with Crippen LogP contribution in [0.5, 0.6) is 0 Å². The zero-order valence-corrected chi connectivity index (χ0v) is 10.1. The molecule has 2 N–H and O–H groups in total. The average Bonchev–Trinajstić information content (AvgIpc) is 2.50. The molecule has 0 amide bonds. The monoisotopic (exact) mass is 266 g/mol. The molecular formula is C10H11BrN4. The van der Waals surface area contributed by atoms with Crippen LogP contribution in [0, 0.1) is 6.92 Å². The van der Waals surface area contributed by atoms with Crippen LogP contribution in [0.3, 0.4) is 0 Å². The Morgan fingerprint density at radius 1 is 1.40 bits per heavy atom. The topological polar surface area (TPSA) is 56.7 Å². The summed E-state index contributed by atoms with van der Waals surface area (Å²) < 4.78 is 2.63. The molecule has 1 aromatic heterocycles. The zero-order chi connectivity index (χ0) is 11.0. The second kappa shape index (κ2) is 3.66. The third-order valence-electron chi connectivity index (χ3n) is 2.13. The van der Waals surface area contributed by atoms with Gasteiger partial charge in [-0.2, -0.15) is 5.10 Å². The third kappa shape index (κ3) is 1.87. The summed E-state index contributed by atoms with van der Waals surface area (Å²) in [5.41, 5.74) is 7.44. The van der Waals surface area contributed by atoms with Crippen LogP contribution in [0.15, 0.2) is 22.7 Å². The number of nitrogens with two attached hydrogens (primary N) is 1. The van der Waals surface area contributed by atoms with Gasteiger partial charge in [0.1, 0.15) is 5.82 Å². The predicted octanol–water partition coefficient (Wildman–Crippen LogP) is 2.14. The standard InChI is InChI=1S/C10H11BrN4/c1-6-13-10(15(2)14-6)7-3-4-9(12)8(11)5-7/h3-5H,12H2,1-2H3. The van der Waals surface area contributed by atoms with E-state index in [1.165, 1.54) is 0 Å². The minimum absolute atomic E-state index is 0.720. The van der Waals surface area contributed by atoms with Gasteiger partial charge in [-0.05, 0) is 41.1 Å². The summed E-state index contributed by atoms with van der Waals surface area (Å²) in [6.45, 7) is 1.87. The third-order valence-corrected chi connectivity index (χ3v) is 2.81. The Hall–Kier alpha value is -1.36. The first-order valence-corrected chi connectivity index (χ1v) is 5.30. The first kappa shape index (κ1) is 10.2. The Morgan fingerprint density at radius 2 is 2.13 bits per heavy atom. The normalized spacial score (nSPS) is 10.6. The summed E-state index contributed by atoms with van der Waals surface area (Å²) >= 11 is 3.39. The van der Waals surface area contributed by atoms with Crippen molar-refractivity contribution in [2.75, 3.05) is 5.73 Å². The fraction of sp³-hybridized carbons (Fsp3) is 0.200. The molecule has 0 radical (unpaired) electrons. The Labute approximate surface area is 96.3 Å². The van der Waals surface area contributed by atoms with Gasteiger partial charge in [-0.1, -0.05) is 0 Å². The highest BCUT2D eigenvalue weighted by molar-refractivity contribution is 9.10. The SMILES string of the molecule is Cc1nc(-c2ccc(N)c(Br)c2)n(C)n1. The number of anilines is 1. The zero-order valence-electron chi connectivity index (χ0n) is 8.53. The van der Waals surface area contributed by atoms with Gasteiger partial charge < -0.3 is 5.73 Å². The second-order valence-corrected chi connectivity index (χ2v) is 4.20. The lowest BCUT2D eigenvalue weighted by Gasteiger charge is -2.02. The number of rotatable bonds is 1. The van der Waals surface area contributed by atoms with Gasteiger partial charge in [0.2, 0.25) is 0 Å². The molecule has 2 aromatic rings. The Bertz CT molecular complexity index is 504. The number of nitrogen functional groups attached to an aromatic ring is 1. The highest BCUT2D eigenvalue weighted by Gasteiger charge is 2.07. The molecule has 2 rings (SSSR count). The molecule has 0 spiro atoms. The van der Waals surface area contributed by atoms with Crippen molar-refractivity contribution in [3.05, 3.63) is 28.5 Å². The maximum atomic E-state index is 5.72. The van der Waals surface area contributed by atoms with Gasteiger partial charge in [-0.15, -0.1) is 0 Å². The number of hydrogen-bond donors (Lipinski definition) is 1. The molecule has 4 nitrogen and oxygen atoms in total. The van der Waals surface area contributed by atoms with Crippen molar-refractivity contribution >= 4 is 21.6 Å². The van der Waals surface area contributed by atoms with E-state index in [0.29, 0.717) is 0 Å². The fourth-order valence-electron chi connectivity index (χ4n) is 1.43. The molecule has 5 heteroatoms. The largest absolute Gasteiger partial charge is 0.398 e. The summed E-state index contributed by atoms with van der Waals surface area (Å²) in [6, 6.07) is 5.73. The van der Waals surface area contributed by atoms with Gasteiger partial charge >= 0.3 is 0 Å². The Morgan fingerprint density at radius 3 is 2.67 bits per heavy atom. The van der Waals surface area contributed by atoms with Crippen molar-refractivity contribution in [1.82, 2.24) is 14.8 Å². The van der Waals surface area contributed by atoms with E-state index in [9.17, 15) is 0 Å².